The molecular weight excluding hydrogens is 324 g/mol. The zero-order valence-electron chi connectivity index (χ0n) is 15.7. The lowest BCUT2D eigenvalue weighted by Crippen LogP contribution is -3.15. The van der Waals surface area contributed by atoms with E-state index in [1.165, 1.54) is 42.6 Å². The summed E-state index contributed by atoms with van der Waals surface area (Å²) in [7, 11) is 0. The van der Waals surface area contributed by atoms with Gasteiger partial charge in [0.25, 0.3) is 0 Å². The van der Waals surface area contributed by atoms with Gasteiger partial charge in [0.05, 0.1) is 30.9 Å². The lowest BCUT2D eigenvalue weighted by atomic mass is 9.66. The predicted molar refractivity (Wildman–Crippen MR) is 102 cm³/mol. The molecular formula is C22H27N2O2+. The van der Waals surface area contributed by atoms with E-state index in [0.717, 1.165) is 24.1 Å². The van der Waals surface area contributed by atoms with Crippen LogP contribution in [0.15, 0.2) is 30.3 Å². The number of nitrogens with zero attached hydrogens (tertiary/aromatic N) is 1. The van der Waals surface area contributed by atoms with E-state index in [2.05, 4.69) is 41.8 Å². The van der Waals surface area contributed by atoms with E-state index in [-0.39, 0.29) is 11.4 Å². The van der Waals surface area contributed by atoms with Gasteiger partial charge in [-0.05, 0) is 43.9 Å². The first kappa shape index (κ1) is 16.1. The van der Waals surface area contributed by atoms with Crippen LogP contribution in [0.3, 0.4) is 0 Å². The van der Waals surface area contributed by atoms with Gasteiger partial charge in [0.2, 0.25) is 0 Å². The molecule has 3 aliphatic heterocycles. The van der Waals surface area contributed by atoms with Crippen molar-refractivity contribution in [1.82, 2.24) is 4.57 Å². The van der Waals surface area contributed by atoms with Crippen molar-refractivity contribution in [2.75, 3.05) is 19.7 Å². The molecule has 0 radical (unpaired) electrons. The second kappa shape index (κ2) is 5.71. The van der Waals surface area contributed by atoms with Crippen molar-refractivity contribution in [2.45, 2.75) is 45.6 Å². The minimum absolute atomic E-state index is 0.0786. The molecule has 3 atom stereocenters. The third kappa shape index (κ3) is 1.96. The van der Waals surface area contributed by atoms with Gasteiger partial charge in [-0.2, -0.15) is 0 Å². The number of ether oxygens (including phenoxy) is 1. The minimum Gasteiger partial charge on any atom is -0.461 e. The first-order valence-corrected chi connectivity index (χ1v) is 10.1. The van der Waals surface area contributed by atoms with Crippen LogP contribution in [0.1, 0.15) is 50.4 Å². The van der Waals surface area contributed by atoms with E-state index in [1.807, 2.05) is 6.92 Å². The molecule has 0 spiro atoms. The van der Waals surface area contributed by atoms with E-state index in [9.17, 15) is 4.79 Å². The van der Waals surface area contributed by atoms with Gasteiger partial charge in [0.1, 0.15) is 11.7 Å². The summed E-state index contributed by atoms with van der Waals surface area (Å²) < 4.78 is 7.72. The number of carbonyl (C=O) groups is 1. The Labute approximate surface area is 154 Å². The summed E-state index contributed by atoms with van der Waals surface area (Å²) in [5.41, 5.74) is 4.83. The van der Waals surface area contributed by atoms with Gasteiger partial charge in [-0.25, -0.2) is 4.79 Å². The van der Waals surface area contributed by atoms with Crippen LogP contribution in [0.4, 0.5) is 0 Å². The van der Waals surface area contributed by atoms with E-state index in [4.69, 9.17) is 4.74 Å². The highest BCUT2D eigenvalue weighted by Crippen LogP contribution is 2.51. The van der Waals surface area contributed by atoms with Crippen molar-refractivity contribution in [3.63, 3.8) is 0 Å². The Morgan fingerprint density at radius 1 is 1.31 bits per heavy atom. The maximum atomic E-state index is 12.9. The first-order valence-electron chi connectivity index (χ1n) is 10.1. The van der Waals surface area contributed by atoms with E-state index >= 15 is 0 Å². The second-order valence-electron chi connectivity index (χ2n) is 8.00. The average molecular weight is 351 g/mol. The van der Waals surface area contributed by atoms with Crippen molar-refractivity contribution in [1.29, 1.82) is 0 Å². The van der Waals surface area contributed by atoms with Crippen molar-refractivity contribution in [3.8, 4) is 0 Å². The number of benzene rings is 1. The van der Waals surface area contributed by atoms with E-state index in [1.54, 1.807) is 4.90 Å². The third-order valence-corrected chi connectivity index (χ3v) is 6.92. The lowest BCUT2D eigenvalue weighted by Gasteiger charge is -2.50. The normalized spacial score (nSPS) is 29.2. The molecule has 136 valence electrons. The Hall–Kier alpha value is -2.07. The van der Waals surface area contributed by atoms with Crippen LogP contribution in [0, 0.1) is 5.41 Å². The number of aromatic nitrogens is 1. The summed E-state index contributed by atoms with van der Waals surface area (Å²) in [5, 5.41) is 1.31. The highest BCUT2D eigenvalue weighted by molar-refractivity contribution is 6.13. The fourth-order valence-electron chi connectivity index (χ4n) is 5.84. The molecule has 1 N–H and O–H groups in total. The number of esters is 1. The number of quaternary nitrogens is 1. The summed E-state index contributed by atoms with van der Waals surface area (Å²) in [5.74, 6) is -0.181. The van der Waals surface area contributed by atoms with Crippen LogP contribution in [0.2, 0.25) is 0 Å². The lowest BCUT2D eigenvalue weighted by molar-refractivity contribution is -0.947. The smallest absolute Gasteiger partial charge is 0.354 e. The summed E-state index contributed by atoms with van der Waals surface area (Å²) in [6, 6.07) is 9.04. The fraction of sp³-hybridized carbons (Fsp3) is 0.500. The third-order valence-electron chi connectivity index (χ3n) is 6.92. The topological polar surface area (TPSA) is 35.7 Å². The van der Waals surface area contributed by atoms with Crippen LogP contribution in [0.5, 0.6) is 0 Å². The quantitative estimate of drug-likeness (QED) is 0.863. The number of hydrogen-bond acceptors (Lipinski definition) is 2. The van der Waals surface area contributed by atoms with Gasteiger partial charge < -0.3 is 14.2 Å². The molecule has 4 heteroatoms. The summed E-state index contributed by atoms with van der Waals surface area (Å²) in [6.07, 6.45) is 6.86. The van der Waals surface area contributed by atoms with Crippen LogP contribution in [-0.2, 0) is 16.0 Å². The number of carbonyl (C=O) groups excluding carboxylic acids is 1. The Bertz CT molecular complexity index is 926. The van der Waals surface area contributed by atoms with Crippen LogP contribution in [-0.4, -0.2) is 30.2 Å². The van der Waals surface area contributed by atoms with Gasteiger partial charge in [-0.3, -0.25) is 0 Å². The zero-order valence-corrected chi connectivity index (χ0v) is 15.7. The standard InChI is InChI=1S/C22H26N2O2/c1-3-22-11-7-12-23-13-10-16-15-8-5-6-9-17(15)24(19(16)20(22)23)18(14-22)21(25)26-4-2/h5-6,8-9,14,20H,3-4,7,10-13H2,1-2H3/p+1/t20-,22+/m1/s1. The Kier molecular flexibility index (Phi) is 3.54. The summed E-state index contributed by atoms with van der Waals surface area (Å²) >= 11 is 0. The zero-order chi connectivity index (χ0) is 17.9. The van der Waals surface area contributed by atoms with Gasteiger partial charge in [-0.15, -0.1) is 0 Å². The monoisotopic (exact) mass is 351 g/mol. The van der Waals surface area contributed by atoms with Crippen LogP contribution >= 0.6 is 0 Å². The van der Waals surface area contributed by atoms with Gasteiger partial charge in [-0.1, -0.05) is 25.1 Å². The maximum Gasteiger partial charge on any atom is 0.354 e. The molecule has 26 heavy (non-hydrogen) atoms. The molecule has 3 aliphatic rings. The van der Waals surface area contributed by atoms with Gasteiger partial charge >= 0.3 is 5.97 Å². The average Bonchev–Trinajstić information content (AvgIpc) is 3.02. The molecule has 1 unspecified atom stereocenters. The molecule has 1 fully saturated rings. The van der Waals surface area contributed by atoms with Crippen molar-refractivity contribution < 1.29 is 14.4 Å². The second-order valence-corrected chi connectivity index (χ2v) is 8.00. The molecule has 0 aliphatic carbocycles. The molecule has 4 heterocycles. The van der Waals surface area contributed by atoms with Gasteiger partial charge in [0.15, 0.2) is 0 Å². The number of nitrogens with one attached hydrogen (secondary N) is 1. The Morgan fingerprint density at radius 2 is 2.15 bits per heavy atom. The van der Waals surface area contributed by atoms with Crippen molar-refractivity contribution >= 4 is 22.6 Å². The molecule has 1 saturated heterocycles. The van der Waals surface area contributed by atoms with E-state index in [0.29, 0.717) is 12.6 Å². The van der Waals surface area contributed by atoms with Gasteiger partial charge in [0, 0.05) is 17.2 Å². The molecule has 0 amide bonds. The molecule has 0 saturated carbocycles. The largest absolute Gasteiger partial charge is 0.461 e. The molecule has 4 nitrogen and oxygen atoms in total. The highest BCUT2D eigenvalue weighted by atomic mass is 16.5. The predicted octanol–water partition coefficient (Wildman–Crippen LogP) is 2.73. The number of fused-ring (bicyclic) bond motifs is 3. The summed E-state index contributed by atoms with van der Waals surface area (Å²) in [6.45, 7) is 7.04. The molecule has 5 rings (SSSR count). The molecule has 0 bridgehead atoms. The molecule has 2 aromatic rings. The van der Waals surface area contributed by atoms with Crippen molar-refractivity contribution in [2.24, 2.45) is 5.41 Å². The maximum absolute atomic E-state index is 12.9. The Balaban J connectivity index is 1.85. The van der Waals surface area contributed by atoms with Crippen LogP contribution in [0.25, 0.3) is 16.6 Å². The number of hydrogen-bond donors (Lipinski definition) is 1. The van der Waals surface area contributed by atoms with Crippen LogP contribution < -0.4 is 4.90 Å². The molecule has 1 aromatic heterocycles. The Morgan fingerprint density at radius 3 is 2.96 bits per heavy atom. The number of para-hydroxylation sites is 1. The van der Waals surface area contributed by atoms with E-state index < -0.39 is 0 Å². The SMILES string of the molecule is CCOC(=O)C1=C[C@]2(CC)CCC[NH+]3CCc4c(n1c1ccccc41)[C@@H]32. The number of piperidine rings is 1. The highest BCUT2D eigenvalue weighted by Gasteiger charge is 2.54. The first-order chi connectivity index (χ1) is 12.7. The fourth-order valence-corrected chi connectivity index (χ4v) is 5.84. The summed E-state index contributed by atoms with van der Waals surface area (Å²) in [4.78, 5) is 14.6. The molecule has 1 aromatic carbocycles. The number of rotatable bonds is 3. The van der Waals surface area contributed by atoms with Crippen molar-refractivity contribution in [3.05, 3.63) is 41.6 Å². The minimum atomic E-state index is -0.181.